The molecule has 4 aromatic rings. The van der Waals surface area contributed by atoms with Crippen molar-refractivity contribution in [2.24, 2.45) is 0 Å². The third-order valence-electron chi connectivity index (χ3n) is 4.67. The Morgan fingerprint density at radius 2 is 1.79 bits per heavy atom. The lowest BCUT2D eigenvalue weighted by Crippen LogP contribution is -2.27. The van der Waals surface area contributed by atoms with Crippen LogP contribution in [0.4, 0.5) is 5.69 Å². The molecule has 6 nitrogen and oxygen atoms in total. The molecule has 4 rings (SSSR count). The highest BCUT2D eigenvalue weighted by Gasteiger charge is 2.17. The van der Waals surface area contributed by atoms with Crippen molar-refractivity contribution < 1.29 is 9.21 Å². The van der Waals surface area contributed by atoms with Gasteiger partial charge < -0.3 is 9.73 Å². The first kappa shape index (κ1) is 17.7. The first-order valence-electron chi connectivity index (χ1n) is 8.97. The summed E-state index contributed by atoms with van der Waals surface area (Å²) < 4.78 is 7.24. The molecular formula is C22H18N2O4. The van der Waals surface area contributed by atoms with Crippen LogP contribution in [0.25, 0.3) is 22.1 Å². The summed E-state index contributed by atoms with van der Waals surface area (Å²) in [5.74, 6) is -0.416. The van der Waals surface area contributed by atoms with Gasteiger partial charge in [0.1, 0.15) is 11.3 Å². The lowest BCUT2D eigenvalue weighted by molar-refractivity contribution is 0.102. The summed E-state index contributed by atoms with van der Waals surface area (Å²) in [6, 6.07) is 15.3. The molecule has 0 saturated carbocycles. The van der Waals surface area contributed by atoms with Crippen LogP contribution in [-0.4, -0.2) is 10.5 Å². The summed E-state index contributed by atoms with van der Waals surface area (Å²) in [7, 11) is 0. The average Bonchev–Trinajstić information content (AvgIpc) is 2.71. The third-order valence-corrected chi connectivity index (χ3v) is 4.67. The highest BCUT2D eigenvalue weighted by Crippen LogP contribution is 2.21. The monoisotopic (exact) mass is 374 g/mol. The number of carbonyl (C=O) groups is 1. The zero-order chi connectivity index (χ0) is 19.8. The van der Waals surface area contributed by atoms with Crippen LogP contribution in [-0.2, 0) is 6.54 Å². The fourth-order valence-corrected chi connectivity index (χ4v) is 3.24. The molecule has 2 aromatic carbocycles. The molecule has 140 valence electrons. The molecule has 0 aliphatic rings. The standard InChI is InChI=1S/C22H18N2O4/c1-3-24-21(27)17(23-20(26)14-7-5-4-6-8-14)12-16-19(25)15-11-13(2)9-10-18(15)28-22(16)24/h4-12H,3H2,1-2H3,(H,23,26). The number of aromatic nitrogens is 1. The van der Waals surface area contributed by atoms with Gasteiger partial charge in [-0.3, -0.25) is 19.0 Å². The SMILES string of the molecule is CCn1c(=O)c(NC(=O)c2ccccc2)cc2c(=O)c3cc(C)ccc3oc21. The van der Waals surface area contributed by atoms with E-state index in [0.29, 0.717) is 23.1 Å². The van der Waals surface area contributed by atoms with E-state index in [1.54, 1.807) is 49.4 Å². The molecule has 1 amide bonds. The average molecular weight is 374 g/mol. The van der Waals surface area contributed by atoms with E-state index in [1.165, 1.54) is 10.6 Å². The van der Waals surface area contributed by atoms with E-state index in [1.807, 2.05) is 13.0 Å². The number of aryl methyl sites for hydroxylation is 2. The molecule has 0 aliphatic heterocycles. The van der Waals surface area contributed by atoms with E-state index in [4.69, 9.17) is 4.42 Å². The van der Waals surface area contributed by atoms with Crippen molar-refractivity contribution in [2.75, 3.05) is 5.32 Å². The van der Waals surface area contributed by atoms with Crippen LogP contribution in [0.2, 0.25) is 0 Å². The Morgan fingerprint density at radius 3 is 2.50 bits per heavy atom. The predicted molar refractivity (Wildman–Crippen MR) is 109 cm³/mol. The predicted octanol–water partition coefficient (Wildman–Crippen LogP) is 3.69. The van der Waals surface area contributed by atoms with Crippen molar-refractivity contribution >= 4 is 33.7 Å². The Labute approximate surface area is 160 Å². The number of nitrogens with zero attached hydrogens (tertiary/aromatic N) is 1. The molecular weight excluding hydrogens is 356 g/mol. The maximum absolute atomic E-state index is 13.0. The minimum absolute atomic E-state index is 0.0440. The first-order valence-corrected chi connectivity index (χ1v) is 8.97. The van der Waals surface area contributed by atoms with Gasteiger partial charge in [-0.05, 0) is 44.2 Å². The molecule has 0 aliphatic carbocycles. The van der Waals surface area contributed by atoms with Crippen molar-refractivity contribution in [3.63, 3.8) is 0 Å². The van der Waals surface area contributed by atoms with Gasteiger partial charge >= 0.3 is 0 Å². The van der Waals surface area contributed by atoms with Gasteiger partial charge in [0.2, 0.25) is 11.1 Å². The highest BCUT2D eigenvalue weighted by atomic mass is 16.3. The second-order valence-corrected chi connectivity index (χ2v) is 6.58. The van der Waals surface area contributed by atoms with Gasteiger partial charge in [-0.1, -0.05) is 29.8 Å². The largest absolute Gasteiger partial charge is 0.439 e. The van der Waals surface area contributed by atoms with E-state index >= 15 is 0 Å². The smallest absolute Gasteiger partial charge is 0.277 e. The van der Waals surface area contributed by atoms with Crippen LogP contribution in [0.5, 0.6) is 0 Å². The molecule has 2 aromatic heterocycles. The summed E-state index contributed by atoms with van der Waals surface area (Å²) >= 11 is 0. The number of benzene rings is 2. The number of pyridine rings is 1. The van der Waals surface area contributed by atoms with Crippen LogP contribution < -0.4 is 16.3 Å². The molecule has 0 radical (unpaired) electrons. The molecule has 1 N–H and O–H groups in total. The fourth-order valence-electron chi connectivity index (χ4n) is 3.24. The summed E-state index contributed by atoms with van der Waals surface area (Å²) in [5, 5.41) is 3.32. The number of anilines is 1. The van der Waals surface area contributed by atoms with Crippen molar-refractivity contribution in [2.45, 2.75) is 20.4 Å². The number of hydrogen-bond donors (Lipinski definition) is 1. The minimum atomic E-state index is -0.422. The van der Waals surface area contributed by atoms with Crippen molar-refractivity contribution in [1.29, 1.82) is 0 Å². The van der Waals surface area contributed by atoms with Gasteiger partial charge in [-0.2, -0.15) is 0 Å². The molecule has 0 unspecified atom stereocenters. The van der Waals surface area contributed by atoms with Crippen molar-refractivity contribution in [3.8, 4) is 0 Å². The van der Waals surface area contributed by atoms with Gasteiger partial charge in [0.05, 0.1) is 10.8 Å². The van der Waals surface area contributed by atoms with E-state index in [2.05, 4.69) is 5.32 Å². The van der Waals surface area contributed by atoms with E-state index in [-0.39, 0.29) is 22.2 Å². The van der Waals surface area contributed by atoms with Gasteiger partial charge in [0, 0.05) is 12.1 Å². The number of hydrogen-bond acceptors (Lipinski definition) is 4. The first-order chi connectivity index (χ1) is 13.5. The van der Waals surface area contributed by atoms with Crippen molar-refractivity contribution in [1.82, 2.24) is 4.57 Å². The number of nitrogens with one attached hydrogen (secondary N) is 1. The third kappa shape index (κ3) is 2.89. The molecule has 28 heavy (non-hydrogen) atoms. The zero-order valence-electron chi connectivity index (χ0n) is 15.5. The Balaban J connectivity index is 1.95. The Hall–Kier alpha value is -3.67. The summed E-state index contributed by atoms with van der Waals surface area (Å²) in [5.41, 5.74) is 1.36. The second kappa shape index (κ2) is 6.81. The van der Waals surface area contributed by atoms with Crippen LogP contribution in [0.3, 0.4) is 0 Å². The molecule has 0 spiro atoms. The molecule has 0 bridgehead atoms. The van der Waals surface area contributed by atoms with Gasteiger partial charge in [-0.15, -0.1) is 0 Å². The second-order valence-electron chi connectivity index (χ2n) is 6.58. The van der Waals surface area contributed by atoms with Gasteiger partial charge in [0.25, 0.3) is 11.5 Å². The minimum Gasteiger partial charge on any atom is -0.439 e. The highest BCUT2D eigenvalue weighted by molar-refractivity contribution is 6.05. The van der Waals surface area contributed by atoms with Crippen LogP contribution in [0, 0.1) is 6.92 Å². The number of rotatable bonds is 3. The molecule has 2 heterocycles. The van der Waals surface area contributed by atoms with E-state index < -0.39 is 11.5 Å². The number of carbonyl (C=O) groups excluding carboxylic acids is 1. The lowest BCUT2D eigenvalue weighted by Gasteiger charge is -2.12. The summed E-state index contributed by atoms with van der Waals surface area (Å²) in [4.78, 5) is 38.4. The number of fused-ring (bicyclic) bond motifs is 2. The fraction of sp³-hybridized carbons (Fsp3) is 0.136. The maximum atomic E-state index is 13.0. The van der Waals surface area contributed by atoms with Crippen LogP contribution >= 0.6 is 0 Å². The molecule has 0 saturated heterocycles. The van der Waals surface area contributed by atoms with Crippen LogP contribution in [0.15, 0.2) is 68.6 Å². The molecule has 0 fully saturated rings. The van der Waals surface area contributed by atoms with Crippen LogP contribution in [0.1, 0.15) is 22.8 Å². The number of amides is 1. The molecule has 6 heteroatoms. The van der Waals surface area contributed by atoms with E-state index in [9.17, 15) is 14.4 Å². The topological polar surface area (TPSA) is 81.3 Å². The lowest BCUT2D eigenvalue weighted by atomic mass is 10.1. The Morgan fingerprint density at radius 1 is 1.04 bits per heavy atom. The Bertz CT molecular complexity index is 1330. The summed E-state index contributed by atoms with van der Waals surface area (Å²) in [6.07, 6.45) is 0. The summed E-state index contributed by atoms with van der Waals surface area (Å²) in [6.45, 7) is 3.97. The van der Waals surface area contributed by atoms with Crippen molar-refractivity contribution in [3.05, 3.63) is 86.3 Å². The molecule has 0 atom stereocenters. The maximum Gasteiger partial charge on any atom is 0.277 e. The zero-order valence-corrected chi connectivity index (χ0v) is 15.5. The van der Waals surface area contributed by atoms with Gasteiger partial charge in [-0.25, -0.2) is 0 Å². The quantitative estimate of drug-likeness (QED) is 0.555. The Kier molecular flexibility index (Phi) is 4.31. The van der Waals surface area contributed by atoms with Gasteiger partial charge in [0.15, 0.2) is 0 Å². The normalized spacial score (nSPS) is 11.1. The van der Waals surface area contributed by atoms with E-state index in [0.717, 1.165) is 5.56 Å².